The van der Waals surface area contributed by atoms with Crippen LogP contribution in [0, 0.1) is 0 Å². The fourth-order valence-electron chi connectivity index (χ4n) is 1.55. The SMILES string of the molecule is Nc1ccc(OCCC(F)(F)C(F)(F)C(F)(F)C(F)(F)F)c(N)c1. The molecule has 0 heterocycles. The topological polar surface area (TPSA) is 61.3 Å². The standard InChI is InChI=1S/C12H11F9N2O/c13-9(14,10(15,16)11(17,18)12(19,20)21)3-4-24-8-2-1-6(22)5-7(8)23/h1-2,5H,3-4,22-23H2. The minimum absolute atomic E-state index is 0.161. The highest BCUT2D eigenvalue weighted by Crippen LogP contribution is 2.53. The van der Waals surface area contributed by atoms with E-state index >= 15 is 0 Å². The Morgan fingerprint density at radius 1 is 0.833 bits per heavy atom. The van der Waals surface area contributed by atoms with Gasteiger partial charge in [-0.3, -0.25) is 0 Å². The van der Waals surface area contributed by atoms with Gasteiger partial charge in [0, 0.05) is 5.69 Å². The summed E-state index contributed by atoms with van der Waals surface area (Å²) in [5.41, 5.74) is 10.7. The maximum atomic E-state index is 13.2. The summed E-state index contributed by atoms with van der Waals surface area (Å²) in [6.45, 7) is -1.29. The smallest absolute Gasteiger partial charge is 0.460 e. The van der Waals surface area contributed by atoms with E-state index < -0.39 is 37.0 Å². The molecule has 0 spiro atoms. The van der Waals surface area contributed by atoms with Crippen molar-refractivity contribution >= 4 is 11.4 Å². The molecule has 0 fully saturated rings. The van der Waals surface area contributed by atoms with E-state index in [1.807, 2.05) is 0 Å². The highest BCUT2D eigenvalue weighted by atomic mass is 19.4. The summed E-state index contributed by atoms with van der Waals surface area (Å²) in [6.07, 6.45) is -8.95. The molecule has 0 bridgehead atoms. The number of anilines is 2. The lowest BCUT2D eigenvalue weighted by Crippen LogP contribution is -2.61. The van der Waals surface area contributed by atoms with Gasteiger partial charge in [0.15, 0.2) is 0 Å². The van der Waals surface area contributed by atoms with Crippen molar-refractivity contribution in [3.05, 3.63) is 18.2 Å². The minimum Gasteiger partial charge on any atom is -0.491 e. The Morgan fingerprint density at radius 2 is 1.38 bits per heavy atom. The van der Waals surface area contributed by atoms with Crippen LogP contribution in [0.2, 0.25) is 0 Å². The molecule has 0 aromatic heterocycles. The van der Waals surface area contributed by atoms with E-state index in [-0.39, 0.29) is 17.1 Å². The first kappa shape index (κ1) is 20.0. The van der Waals surface area contributed by atoms with Gasteiger partial charge in [0.2, 0.25) is 0 Å². The third-order valence-corrected chi connectivity index (χ3v) is 2.92. The van der Waals surface area contributed by atoms with Gasteiger partial charge in [-0.05, 0) is 18.2 Å². The van der Waals surface area contributed by atoms with E-state index in [2.05, 4.69) is 4.74 Å². The van der Waals surface area contributed by atoms with Gasteiger partial charge < -0.3 is 16.2 Å². The molecule has 0 aliphatic heterocycles. The Balaban J connectivity index is 2.85. The van der Waals surface area contributed by atoms with Crippen molar-refractivity contribution in [3.63, 3.8) is 0 Å². The Kier molecular flexibility index (Phi) is 5.12. The molecule has 0 aliphatic rings. The predicted octanol–water partition coefficient (Wildman–Crippen LogP) is 4.09. The van der Waals surface area contributed by atoms with Crippen molar-refractivity contribution in [1.82, 2.24) is 0 Å². The summed E-state index contributed by atoms with van der Waals surface area (Å²) < 4.78 is 118. The quantitative estimate of drug-likeness (QED) is 0.586. The second-order valence-corrected chi connectivity index (χ2v) is 4.75. The van der Waals surface area contributed by atoms with E-state index in [0.29, 0.717) is 0 Å². The van der Waals surface area contributed by atoms with Gasteiger partial charge in [-0.15, -0.1) is 0 Å². The van der Waals surface area contributed by atoms with Gasteiger partial charge in [0.1, 0.15) is 5.75 Å². The van der Waals surface area contributed by atoms with E-state index in [4.69, 9.17) is 11.5 Å². The molecule has 0 aliphatic carbocycles. The van der Waals surface area contributed by atoms with Gasteiger partial charge in [-0.2, -0.15) is 39.5 Å². The number of rotatable bonds is 6. The van der Waals surface area contributed by atoms with Crippen LogP contribution in [0.1, 0.15) is 6.42 Å². The van der Waals surface area contributed by atoms with Crippen LogP contribution in [-0.2, 0) is 0 Å². The fourth-order valence-corrected chi connectivity index (χ4v) is 1.55. The summed E-state index contributed by atoms with van der Waals surface area (Å²) in [4.78, 5) is 0. The molecule has 0 radical (unpaired) electrons. The monoisotopic (exact) mass is 370 g/mol. The normalized spacial score (nSPS) is 13.9. The molecule has 1 aromatic carbocycles. The second-order valence-electron chi connectivity index (χ2n) is 4.75. The molecule has 0 unspecified atom stereocenters. The number of benzene rings is 1. The number of hydrogen-bond donors (Lipinski definition) is 2. The molecule has 4 N–H and O–H groups in total. The average molecular weight is 370 g/mol. The number of halogens is 9. The summed E-state index contributed by atoms with van der Waals surface area (Å²) in [5, 5.41) is 0. The van der Waals surface area contributed by atoms with Crippen molar-refractivity contribution < 1.29 is 44.3 Å². The minimum atomic E-state index is -6.91. The van der Waals surface area contributed by atoms with E-state index in [1.54, 1.807) is 0 Å². The molecule has 3 nitrogen and oxygen atoms in total. The van der Waals surface area contributed by atoms with Crippen molar-refractivity contribution in [3.8, 4) is 5.75 Å². The third kappa shape index (κ3) is 3.56. The Hall–Kier alpha value is -2.01. The second kappa shape index (κ2) is 6.13. The molecule has 1 aromatic rings. The van der Waals surface area contributed by atoms with Gasteiger partial charge in [0.25, 0.3) is 0 Å². The Labute approximate surface area is 129 Å². The van der Waals surface area contributed by atoms with Crippen molar-refractivity contribution in [1.29, 1.82) is 0 Å². The summed E-state index contributed by atoms with van der Waals surface area (Å²) in [7, 11) is 0. The third-order valence-electron chi connectivity index (χ3n) is 2.92. The van der Waals surface area contributed by atoms with Crippen LogP contribution < -0.4 is 16.2 Å². The Morgan fingerprint density at radius 3 is 1.83 bits per heavy atom. The summed E-state index contributed by atoms with van der Waals surface area (Å²) >= 11 is 0. The van der Waals surface area contributed by atoms with E-state index in [0.717, 1.165) is 12.1 Å². The fraction of sp³-hybridized carbons (Fsp3) is 0.500. The largest absolute Gasteiger partial charge is 0.491 e. The van der Waals surface area contributed by atoms with Crippen LogP contribution in [-0.4, -0.2) is 30.6 Å². The highest BCUT2D eigenvalue weighted by Gasteiger charge is 2.81. The molecule has 0 amide bonds. The first-order chi connectivity index (χ1) is 10.6. The molecule has 138 valence electrons. The summed E-state index contributed by atoms with van der Waals surface area (Å²) in [5.74, 6) is -19.5. The highest BCUT2D eigenvalue weighted by molar-refractivity contribution is 5.60. The lowest BCUT2D eigenvalue weighted by Gasteiger charge is -2.33. The molecule has 12 heteroatoms. The maximum absolute atomic E-state index is 13.2. The molecule has 24 heavy (non-hydrogen) atoms. The number of ether oxygens (including phenoxy) is 1. The lowest BCUT2D eigenvalue weighted by molar-refractivity contribution is -0.397. The van der Waals surface area contributed by atoms with Crippen molar-refractivity contribution in [2.24, 2.45) is 0 Å². The Bertz CT molecular complexity index is 586. The number of alkyl halides is 9. The predicted molar refractivity (Wildman–Crippen MR) is 66.3 cm³/mol. The first-order valence-corrected chi connectivity index (χ1v) is 6.11. The number of nitrogens with two attached hydrogens (primary N) is 2. The van der Waals surface area contributed by atoms with Crippen molar-refractivity contribution in [2.45, 2.75) is 30.4 Å². The molecule has 0 saturated carbocycles. The zero-order valence-corrected chi connectivity index (χ0v) is 11.6. The lowest BCUT2D eigenvalue weighted by atomic mass is 10.0. The molecule has 0 saturated heterocycles. The van der Waals surface area contributed by atoms with Gasteiger partial charge in [-0.1, -0.05) is 0 Å². The van der Waals surface area contributed by atoms with Crippen LogP contribution in [0.4, 0.5) is 50.9 Å². The van der Waals surface area contributed by atoms with Crippen LogP contribution in [0.3, 0.4) is 0 Å². The van der Waals surface area contributed by atoms with Gasteiger partial charge in [-0.25, -0.2) is 0 Å². The molecule has 1 rings (SSSR count). The molecule has 0 atom stereocenters. The maximum Gasteiger partial charge on any atom is 0.460 e. The average Bonchev–Trinajstić information content (AvgIpc) is 2.39. The zero-order chi connectivity index (χ0) is 19.0. The molecular weight excluding hydrogens is 359 g/mol. The molecular formula is C12H11F9N2O. The number of hydrogen-bond acceptors (Lipinski definition) is 3. The van der Waals surface area contributed by atoms with E-state index in [9.17, 15) is 39.5 Å². The van der Waals surface area contributed by atoms with Crippen LogP contribution in [0.25, 0.3) is 0 Å². The van der Waals surface area contributed by atoms with Crippen LogP contribution in [0.5, 0.6) is 5.75 Å². The zero-order valence-electron chi connectivity index (χ0n) is 11.6. The summed E-state index contributed by atoms with van der Waals surface area (Å²) in [6, 6.07) is 3.45. The van der Waals surface area contributed by atoms with Gasteiger partial charge >= 0.3 is 23.9 Å². The van der Waals surface area contributed by atoms with E-state index in [1.165, 1.54) is 6.07 Å². The number of nitrogen functional groups attached to an aromatic ring is 2. The van der Waals surface area contributed by atoms with Crippen molar-refractivity contribution in [2.75, 3.05) is 18.1 Å². The van der Waals surface area contributed by atoms with Crippen LogP contribution in [0.15, 0.2) is 18.2 Å². The first-order valence-electron chi connectivity index (χ1n) is 6.11. The van der Waals surface area contributed by atoms with Crippen LogP contribution >= 0.6 is 0 Å². The van der Waals surface area contributed by atoms with Gasteiger partial charge in [0.05, 0.1) is 18.7 Å².